The van der Waals surface area contributed by atoms with Crippen molar-refractivity contribution in [2.75, 3.05) is 13.2 Å². The van der Waals surface area contributed by atoms with Crippen LogP contribution >= 0.6 is 0 Å². The summed E-state index contributed by atoms with van der Waals surface area (Å²) in [7, 11) is 0. The van der Waals surface area contributed by atoms with E-state index >= 15 is 0 Å². The van der Waals surface area contributed by atoms with Crippen LogP contribution in [-0.4, -0.2) is 28.3 Å². The zero-order chi connectivity index (χ0) is 17.9. The molecule has 3 heterocycles. The largest absolute Gasteiger partial charge is 0.381 e. The minimum atomic E-state index is 0.0492. The Hall–Kier alpha value is -2.18. The van der Waals surface area contributed by atoms with Gasteiger partial charge in [0.05, 0.1) is 6.04 Å². The van der Waals surface area contributed by atoms with Crippen molar-refractivity contribution < 1.29 is 9.26 Å². The van der Waals surface area contributed by atoms with Gasteiger partial charge in [-0.05, 0) is 36.5 Å². The molecule has 3 aromatic rings. The molecule has 0 saturated carbocycles. The Morgan fingerprint density at radius 3 is 2.85 bits per heavy atom. The van der Waals surface area contributed by atoms with Gasteiger partial charge in [-0.25, -0.2) is 0 Å². The molecule has 1 saturated heterocycles. The number of fused-ring (bicyclic) bond motifs is 1. The summed E-state index contributed by atoms with van der Waals surface area (Å²) in [6.07, 6.45) is 3.99. The van der Waals surface area contributed by atoms with E-state index in [9.17, 15) is 0 Å². The first-order valence-corrected chi connectivity index (χ1v) is 9.42. The number of nitrogens with zero attached hydrogens (tertiary/aromatic N) is 2. The van der Waals surface area contributed by atoms with Crippen molar-refractivity contribution in [1.82, 2.24) is 20.4 Å². The molecule has 2 N–H and O–H groups in total. The lowest BCUT2D eigenvalue weighted by Gasteiger charge is -2.28. The highest BCUT2D eigenvalue weighted by molar-refractivity contribution is 5.82. The second-order valence-corrected chi connectivity index (χ2v) is 7.31. The summed E-state index contributed by atoms with van der Waals surface area (Å²) in [5, 5.41) is 9.11. The zero-order valence-corrected chi connectivity index (χ0v) is 15.4. The van der Waals surface area contributed by atoms with Crippen LogP contribution in [0.5, 0.6) is 0 Å². The molecule has 0 radical (unpaired) electrons. The van der Waals surface area contributed by atoms with Crippen LogP contribution < -0.4 is 5.32 Å². The highest BCUT2D eigenvalue weighted by atomic mass is 16.5. The summed E-state index contributed by atoms with van der Waals surface area (Å²) in [6, 6.07) is 8.52. The minimum absolute atomic E-state index is 0.0492. The molecule has 0 amide bonds. The second-order valence-electron chi connectivity index (χ2n) is 7.31. The summed E-state index contributed by atoms with van der Waals surface area (Å²) in [4.78, 5) is 7.94. The number of benzene rings is 1. The van der Waals surface area contributed by atoms with Crippen molar-refractivity contribution in [3.05, 3.63) is 47.7 Å². The molecule has 138 valence electrons. The van der Waals surface area contributed by atoms with Crippen LogP contribution in [0.3, 0.4) is 0 Å². The molecule has 4 rings (SSSR count). The van der Waals surface area contributed by atoms with E-state index < -0.39 is 0 Å². The molecule has 0 spiro atoms. The molecule has 0 aliphatic carbocycles. The van der Waals surface area contributed by atoms with Crippen molar-refractivity contribution in [1.29, 1.82) is 0 Å². The lowest BCUT2D eigenvalue weighted by molar-refractivity contribution is 0.0485. The van der Waals surface area contributed by atoms with Gasteiger partial charge in [0.1, 0.15) is 0 Å². The highest BCUT2D eigenvalue weighted by Crippen LogP contribution is 2.30. The SMILES string of the molecule is CC(C)c1noc([C@@H](NCc2cccc3[nH]ccc23)C2CCOCC2)n1. The maximum absolute atomic E-state index is 5.63. The first kappa shape index (κ1) is 17.2. The van der Waals surface area contributed by atoms with Crippen LogP contribution in [0.1, 0.15) is 55.9 Å². The van der Waals surface area contributed by atoms with E-state index in [0.29, 0.717) is 11.8 Å². The molecule has 6 nitrogen and oxygen atoms in total. The fraction of sp³-hybridized carbons (Fsp3) is 0.500. The monoisotopic (exact) mass is 354 g/mol. The number of hydrogen-bond acceptors (Lipinski definition) is 5. The molecule has 1 atom stereocenters. The van der Waals surface area contributed by atoms with Gasteiger partial charge in [-0.1, -0.05) is 31.1 Å². The zero-order valence-electron chi connectivity index (χ0n) is 15.4. The third kappa shape index (κ3) is 3.52. The predicted molar refractivity (Wildman–Crippen MR) is 99.8 cm³/mol. The Balaban J connectivity index is 1.57. The minimum Gasteiger partial charge on any atom is -0.381 e. The third-order valence-corrected chi connectivity index (χ3v) is 5.17. The normalized spacial score (nSPS) is 17.2. The number of H-pyrrole nitrogens is 1. The maximum Gasteiger partial charge on any atom is 0.244 e. The van der Waals surface area contributed by atoms with E-state index in [1.54, 1.807) is 0 Å². The summed E-state index contributed by atoms with van der Waals surface area (Å²) in [6.45, 7) is 6.51. The standard InChI is InChI=1S/C20H26N4O2/c1-13(2)19-23-20(26-24-19)18(14-7-10-25-11-8-14)22-12-15-4-3-5-17-16(15)6-9-21-17/h3-6,9,13-14,18,21-22H,7-8,10-12H2,1-2H3/t18-/m0/s1. The number of nitrogens with one attached hydrogen (secondary N) is 2. The maximum atomic E-state index is 5.63. The third-order valence-electron chi connectivity index (χ3n) is 5.17. The second kappa shape index (κ2) is 7.60. The molecule has 6 heteroatoms. The molecule has 1 aliphatic rings. The van der Waals surface area contributed by atoms with Gasteiger partial charge in [0.25, 0.3) is 0 Å². The van der Waals surface area contributed by atoms with E-state index in [0.717, 1.165) is 43.9 Å². The highest BCUT2D eigenvalue weighted by Gasteiger charge is 2.30. The molecule has 26 heavy (non-hydrogen) atoms. The lowest BCUT2D eigenvalue weighted by Crippen LogP contribution is -2.32. The number of ether oxygens (including phenoxy) is 1. The predicted octanol–water partition coefficient (Wildman–Crippen LogP) is 3.93. The lowest BCUT2D eigenvalue weighted by atomic mass is 9.91. The summed E-state index contributed by atoms with van der Waals surface area (Å²) < 4.78 is 11.2. The van der Waals surface area contributed by atoms with Gasteiger partial charge in [-0.2, -0.15) is 4.98 Å². The van der Waals surface area contributed by atoms with Crippen molar-refractivity contribution in [2.24, 2.45) is 5.92 Å². The van der Waals surface area contributed by atoms with Crippen LogP contribution in [0.2, 0.25) is 0 Å². The molecule has 1 aliphatic heterocycles. The first-order valence-electron chi connectivity index (χ1n) is 9.42. The average Bonchev–Trinajstić information content (AvgIpc) is 3.33. The fourth-order valence-corrected chi connectivity index (χ4v) is 3.64. The molecule has 0 bridgehead atoms. The molecule has 2 aromatic heterocycles. The Bertz CT molecular complexity index is 848. The van der Waals surface area contributed by atoms with Crippen LogP contribution in [0, 0.1) is 5.92 Å². The smallest absolute Gasteiger partial charge is 0.244 e. The van der Waals surface area contributed by atoms with Crippen LogP contribution in [0.4, 0.5) is 0 Å². The van der Waals surface area contributed by atoms with Crippen LogP contribution in [-0.2, 0) is 11.3 Å². The summed E-state index contributed by atoms with van der Waals surface area (Å²) in [5.41, 5.74) is 2.43. The van der Waals surface area contributed by atoms with Crippen molar-refractivity contribution >= 4 is 10.9 Å². The molecular formula is C20H26N4O2. The van der Waals surface area contributed by atoms with Gasteiger partial charge in [-0.3, -0.25) is 0 Å². The molecule has 1 aromatic carbocycles. The Kier molecular flexibility index (Phi) is 5.04. The van der Waals surface area contributed by atoms with Gasteiger partial charge >= 0.3 is 0 Å². The molecule has 0 unspecified atom stereocenters. The van der Waals surface area contributed by atoms with E-state index in [1.807, 2.05) is 6.20 Å². The van der Waals surface area contributed by atoms with Gasteiger partial charge in [0.2, 0.25) is 5.89 Å². The number of aromatic nitrogens is 3. The Morgan fingerprint density at radius 2 is 2.08 bits per heavy atom. The van der Waals surface area contributed by atoms with Crippen molar-refractivity contribution in [3.63, 3.8) is 0 Å². The Labute approximate surface area is 153 Å². The van der Waals surface area contributed by atoms with Gasteiger partial charge in [0.15, 0.2) is 5.82 Å². The summed E-state index contributed by atoms with van der Waals surface area (Å²) >= 11 is 0. The van der Waals surface area contributed by atoms with Crippen molar-refractivity contribution in [2.45, 2.75) is 45.2 Å². The van der Waals surface area contributed by atoms with Gasteiger partial charge in [-0.15, -0.1) is 0 Å². The topological polar surface area (TPSA) is 76.0 Å². The number of aromatic amines is 1. The average molecular weight is 354 g/mol. The van der Waals surface area contributed by atoms with Crippen molar-refractivity contribution in [3.8, 4) is 0 Å². The number of hydrogen-bond donors (Lipinski definition) is 2. The van der Waals surface area contributed by atoms with E-state index in [2.05, 4.69) is 58.6 Å². The van der Waals surface area contributed by atoms with E-state index in [1.165, 1.54) is 10.9 Å². The van der Waals surface area contributed by atoms with E-state index in [-0.39, 0.29) is 12.0 Å². The fourth-order valence-electron chi connectivity index (χ4n) is 3.64. The first-order chi connectivity index (χ1) is 12.7. The van der Waals surface area contributed by atoms with Gasteiger partial charge in [0, 0.05) is 42.8 Å². The molecular weight excluding hydrogens is 328 g/mol. The summed E-state index contributed by atoms with van der Waals surface area (Å²) in [5.74, 6) is 2.17. The number of rotatable bonds is 6. The molecule has 1 fully saturated rings. The van der Waals surface area contributed by atoms with E-state index in [4.69, 9.17) is 9.26 Å². The quantitative estimate of drug-likeness (QED) is 0.701. The van der Waals surface area contributed by atoms with Crippen LogP contribution in [0.25, 0.3) is 10.9 Å². The van der Waals surface area contributed by atoms with Crippen LogP contribution in [0.15, 0.2) is 35.0 Å². The van der Waals surface area contributed by atoms with Gasteiger partial charge < -0.3 is 19.6 Å². The Morgan fingerprint density at radius 1 is 1.23 bits per heavy atom.